The van der Waals surface area contributed by atoms with Crippen LogP contribution in [0.2, 0.25) is 0 Å². The van der Waals surface area contributed by atoms with E-state index in [0.717, 1.165) is 18.6 Å². The molecule has 0 spiro atoms. The lowest BCUT2D eigenvalue weighted by molar-refractivity contribution is -0.0239. The molecule has 0 aliphatic rings. The molecule has 0 aliphatic heterocycles. The highest BCUT2D eigenvalue weighted by Gasteiger charge is 2.04. The van der Waals surface area contributed by atoms with Crippen LogP contribution in [-0.2, 0) is 16.1 Å². The maximum absolute atomic E-state index is 9.68. The minimum atomic E-state index is -0.533. The Balaban J connectivity index is 1.94. The zero-order valence-corrected chi connectivity index (χ0v) is 11.9. The number of benzene rings is 1. The van der Waals surface area contributed by atoms with E-state index in [4.69, 9.17) is 9.47 Å². The second-order valence-electron chi connectivity index (χ2n) is 4.79. The Labute approximate surface area is 116 Å². The first-order valence-corrected chi connectivity index (χ1v) is 7.20. The SMILES string of the molecule is CCCCCCOCC(O)COCc1ccccc1. The zero-order chi connectivity index (χ0) is 13.8. The van der Waals surface area contributed by atoms with Crippen molar-refractivity contribution in [2.45, 2.75) is 45.3 Å². The van der Waals surface area contributed by atoms with Crippen LogP contribution in [0.1, 0.15) is 38.2 Å². The van der Waals surface area contributed by atoms with Gasteiger partial charge in [-0.3, -0.25) is 0 Å². The number of ether oxygens (including phenoxy) is 2. The summed E-state index contributed by atoms with van der Waals surface area (Å²) in [6.07, 6.45) is 4.24. The Morgan fingerprint density at radius 1 is 1.00 bits per heavy atom. The molecule has 1 aromatic carbocycles. The summed E-state index contributed by atoms with van der Waals surface area (Å²) in [6, 6.07) is 9.96. The summed E-state index contributed by atoms with van der Waals surface area (Å²) in [5.41, 5.74) is 1.12. The van der Waals surface area contributed by atoms with Gasteiger partial charge < -0.3 is 14.6 Å². The molecule has 1 atom stereocenters. The highest BCUT2D eigenvalue weighted by atomic mass is 16.5. The van der Waals surface area contributed by atoms with Crippen LogP contribution >= 0.6 is 0 Å². The predicted octanol–water partition coefficient (Wildman–Crippen LogP) is 3.16. The molecule has 0 amide bonds. The first kappa shape index (κ1) is 16.2. The van der Waals surface area contributed by atoms with Crippen molar-refractivity contribution in [2.75, 3.05) is 19.8 Å². The maximum atomic E-state index is 9.68. The molecule has 0 aromatic heterocycles. The van der Waals surface area contributed by atoms with Crippen molar-refractivity contribution in [2.24, 2.45) is 0 Å². The number of aliphatic hydroxyl groups excluding tert-OH is 1. The Kier molecular flexibility index (Phi) is 9.33. The van der Waals surface area contributed by atoms with Gasteiger partial charge in [0.2, 0.25) is 0 Å². The van der Waals surface area contributed by atoms with E-state index >= 15 is 0 Å². The first-order chi connectivity index (χ1) is 9.33. The van der Waals surface area contributed by atoms with Gasteiger partial charge >= 0.3 is 0 Å². The summed E-state index contributed by atoms with van der Waals surface area (Å²) in [5.74, 6) is 0. The molecular weight excluding hydrogens is 240 g/mol. The summed E-state index contributed by atoms with van der Waals surface area (Å²) in [7, 11) is 0. The lowest BCUT2D eigenvalue weighted by Crippen LogP contribution is -2.22. The number of rotatable bonds is 11. The summed E-state index contributed by atoms with van der Waals surface area (Å²) in [4.78, 5) is 0. The van der Waals surface area contributed by atoms with E-state index in [-0.39, 0.29) is 0 Å². The van der Waals surface area contributed by atoms with Crippen molar-refractivity contribution >= 4 is 0 Å². The van der Waals surface area contributed by atoms with E-state index in [1.807, 2.05) is 30.3 Å². The van der Waals surface area contributed by atoms with E-state index in [2.05, 4.69) is 6.92 Å². The molecule has 1 aromatic rings. The first-order valence-electron chi connectivity index (χ1n) is 7.20. The van der Waals surface area contributed by atoms with Gasteiger partial charge in [0.25, 0.3) is 0 Å². The second kappa shape index (κ2) is 11.0. The molecule has 1 N–H and O–H groups in total. The van der Waals surface area contributed by atoms with Gasteiger partial charge in [0.1, 0.15) is 6.10 Å². The summed E-state index contributed by atoms with van der Waals surface area (Å²) < 4.78 is 10.9. The molecular formula is C16H26O3. The van der Waals surface area contributed by atoms with Crippen molar-refractivity contribution in [3.05, 3.63) is 35.9 Å². The van der Waals surface area contributed by atoms with Gasteiger partial charge in [0.05, 0.1) is 19.8 Å². The molecule has 0 fully saturated rings. The fraction of sp³-hybridized carbons (Fsp3) is 0.625. The van der Waals surface area contributed by atoms with Gasteiger partial charge in [-0.2, -0.15) is 0 Å². The Morgan fingerprint density at radius 3 is 2.47 bits per heavy atom. The van der Waals surface area contributed by atoms with Crippen LogP contribution in [0.5, 0.6) is 0 Å². The smallest absolute Gasteiger partial charge is 0.101 e. The predicted molar refractivity (Wildman–Crippen MR) is 77.1 cm³/mol. The standard InChI is InChI=1S/C16H26O3/c1-2-3-4-8-11-18-13-16(17)14-19-12-15-9-6-5-7-10-15/h5-7,9-10,16-17H,2-4,8,11-14H2,1H3. The van der Waals surface area contributed by atoms with Gasteiger partial charge in [0.15, 0.2) is 0 Å². The molecule has 0 saturated heterocycles. The maximum Gasteiger partial charge on any atom is 0.101 e. The Hall–Kier alpha value is -0.900. The fourth-order valence-electron chi connectivity index (χ4n) is 1.79. The van der Waals surface area contributed by atoms with E-state index in [9.17, 15) is 5.11 Å². The molecule has 0 aliphatic carbocycles. The van der Waals surface area contributed by atoms with Gasteiger partial charge in [0, 0.05) is 6.61 Å². The largest absolute Gasteiger partial charge is 0.388 e. The average molecular weight is 266 g/mol. The monoisotopic (exact) mass is 266 g/mol. The van der Waals surface area contributed by atoms with Crippen molar-refractivity contribution in [1.29, 1.82) is 0 Å². The molecule has 19 heavy (non-hydrogen) atoms. The van der Waals surface area contributed by atoms with Crippen LogP contribution in [-0.4, -0.2) is 31.0 Å². The molecule has 3 heteroatoms. The van der Waals surface area contributed by atoms with Crippen LogP contribution in [0.3, 0.4) is 0 Å². The topological polar surface area (TPSA) is 38.7 Å². The van der Waals surface area contributed by atoms with Crippen LogP contribution in [0.4, 0.5) is 0 Å². The highest BCUT2D eigenvalue weighted by molar-refractivity contribution is 5.13. The fourth-order valence-corrected chi connectivity index (χ4v) is 1.79. The molecule has 108 valence electrons. The molecule has 0 heterocycles. The van der Waals surface area contributed by atoms with Crippen LogP contribution in [0.25, 0.3) is 0 Å². The van der Waals surface area contributed by atoms with E-state index in [1.54, 1.807) is 0 Å². The van der Waals surface area contributed by atoms with Crippen molar-refractivity contribution in [3.8, 4) is 0 Å². The molecule has 3 nitrogen and oxygen atoms in total. The van der Waals surface area contributed by atoms with Gasteiger partial charge in [-0.1, -0.05) is 56.5 Å². The van der Waals surface area contributed by atoms with Gasteiger partial charge in [-0.25, -0.2) is 0 Å². The van der Waals surface area contributed by atoms with Crippen LogP contribution in [0.15, 0.2) is 30.3 Å². The molecule has 0 saturated carbocycles. The average Bonchev–Trinajstić information content (AvgIpc) is 2.44. The highest BCUT2D eigenvalue weighted by Crippen LogP contribution is 2.02. The van der Waals surface area contributed by atoms with Crippen molar-refractivity contribution in [1.82, 2.24) is 0 Å². The Morgan fingerprint density at radius 2 is 1.74 bits per heavy atom. The molecule has 0 bridgehead atoms. The minimum Gasteiger partial charge on any atom is -0.388 e. The minimum absolute atomic E-state index is 0.323. The quantitative estimate of drug-likeness (QED) is 0.625. The third-order valence-corrected chi connectivity index (χ3v) is 2.87. The summed E-state index contributed by atoms with van der Waals surface area (Å²) in [5, 5.41) is 9.68. The number of hydrogen-bond donors (Lipinski definition) is 1. The second-order valence-corrected chi connectivity index (χ2v) is 4.79. The van der Waals surface area contributed by atoms with E-state index in [1.165, 1.54) is 19.3 Å². The Bertz CT molecular complexity index is 300. The number of aliphatic hydroxyl groups is 1. The van der Waals surface area contributed by atoms with Crippen molar-refractivity contribution in [3.63, 3.8) is 0 Å². The number of unbranched alkanes of at least 4 members (excludes halogenated alkanes) is 3. The van der Waals surface area contributed by atoms with E-state index in [0.29, 0.717) is 19.8 Å². The molecule has 0 radical (unpaired) electrons. The van der Waals surface area contributed by atoms with Gasteiger partial charge in [-0.05, 0) is 12.0 Å². The molecule has 1 rings (SSSR count). The number of hydrogen-bond acceptors (Lipinski definition) is 3. The van der Waals surface area contributed by atoms with Gasteiger partial charge in [-0.15, -0.1) is 0 Å². The summed E-state index contributed by atoms with van der Waals surface area (Å²) >= 11 is 0. The van der Waals surface area contributed by atoms with Crippen LogP contribution < -0.4 is 0 Å². The van der Waals surface area contributed by atoms with Crippen LogP contribution in [0, 0.1) is 0 Å². The lowest BCUT2D eigenvalue weighted by Gasteiger charge is -2.12. The third kappa shape index (κ3) is 8.76. The lowest BCUT2D eigenvalue weighted by atomic mass is 10.2. The normalized spacial score (nSPS) is 12.5. The molecule has 1 unspecified atom stereocenters. The van der Waals surface area contributed by atoms with E-state index < -0.39 is 6.10 Å². The zero-order valence-electron chi connectivity index (χ0n) is 11.9. The summed E-state index contributed by atoms with van der Waals surface area (Å²) in [6.45, 7) is 4.14. The third-order valence-electron chi connectivity index (χ3n) is 2.87. The van der Waals surface area contributed by atoms with Crippen molar-refractivity contribution < 1.29 is 14.6 Å².